The SMILES string of the molecule is Cc1nc2cc(C3(C)CNCCN3)ccc2o1. The molecule has 1 aromatic carbocycles. The maximum absolute atomic E-state index is 5.50. The van der Waals surface area contributed by atoms with E-state index >= 15 is 0 Å². The molecule has 2 aromatic rings. The lowest BCUT2D eigenvalue weighted by Crippen LogP contribution is -2.54. The fourth-order valence-corrected chi connectivity index (χ4v) is 2.42. The molecule has 1 saturated heterocycles. The number of nitrogens with one attached hydrogen (secondary N) is 2. The van der Waals surface area contributed by atoms with Gasteiger partial charge in [-0.1, -0.05) is 6.07 Å². The summed E-state index contributed by atoms with van der Waals surface area (Å²) in [5.74, 6) is 0.719. The van der Waals surface area contributed by atoms with Crippen LogP contribution in [0.15, 0.2) is 22.6 Å². The molecule has 1 aliphatic heterocycles. The van der Waals surface area contributed by atoms with Crippen LogP contribution in [-0.4, -0.2) is 24.6 Å². The van der Waals surface area contributed by atoms with E-state index in [9.17, 15) is 0 Å². The molecule has 4 heteroatoms. The van der Waals surface area contributed by atoms with Crippen molar-refractivity contribution in [1.29, 1.82) is 0 Å². The predicted octanol–water partition coefficient (Wildman–Crippen LogP) is 1.54. The minimum absolute atomic E-state index is 0.0146. The maximum atomic E-state index is 5.50. The van der Waals surface area contributed by atoms with Crippen LogP contribution in [0.25, 0.3) is 11.1 Å². The van der Waals surface area contributed by atoms with Crippen LogP contribution in [0.4, 0.5) is 0 Å². The average Bonchev–Trinajstić information content (AvgIpc) is 2.69. The number of benzene rings is 1. The molecule has 0 bridgehead atoms. The summed E-state index contributed by atoms with van der Waals surface area (Å²) in [6.07, 6.45) is 0. The Bertz CT molecular complexity index is 541. The molecule has 0 spiro atoms. The zero-order valence-electron chi connectivity index (χ0n) is 10.2. The fraction of sp³-hybridized carbons (Fsp3) is 0.462. The van der Waals surface area contributed by atoms with Crippen LogP contribution in [0.5, 0.6) is 0 Å². The third-order valence-corrected chi connectivity index (χ3v) is 3.43. The fourth-order valence-electron chi connectivity index (χ4n) is 2.42. The van der Waals surface area contributed by atoms with Crippen molar-refractivity contribution >= 4 is 11.1 Å². The molecule has 0 aliphatic carbocycles. The van der Waals surface area contributed by atoms with E-state index in [1.807, 2.05) is 13.0 Å². The minimum atomic E-state index is -0.0146. The first-order valence-corrected chi connectivity index (χ1v) is 6.01. The van der Waals surface area contributed by atoms with E-state index in [-0.39, 0.29) is 5.54 Å². The van der Waals surface area contributed by atoms with Crippen LogP contribution in [-0.2, 0) is 5.54 Å². The third kappa shape index (κ3) is 1.83. The van der Waals surface area contributed by atoms with E-state index in [2.05, 4.69) is 34.7 Å². The first kappa shape index (κ1) is 10.7. The van der Waals surface area contributed by atoms with Crippen molar-refractivity contribution in [3.63, 3.8) is 0 Å². The predicted molar refractivity (Wildman–Crippen MR) is 67.0 cm³/mol. The number of hydrogen-bond acceptors (Lipinski definition) is 4. The highest BCUT2D eigenvalue weighted by Gasteiger charge is 2.28. The standard InChI is InChI=1S/C13H17N3O/c1-9-16-11-7-10(3-4-12(11)17-9)13(2)8-14-5-6-15-13/h3-4,7,14-15H,5-6,8H2,1-2H3. The molecule has 0 amide bonds. The maximum Gasteiger partial charge on any atom is 0.192 e. The molecule has 3 rings (SSSR count). The van der Waals surface area contributed by atoms with Crippen LogP contribution in [0.2, 0.25) is 0 Å². The first-order valence-electron chi connectivity index (χ1n) is 6.01. The Labute approximate surface area is 100 Å². The second-order valence-electron chi connectivity index (χ2n) is 4.85. The van der Waals surface area contributed by atoms with Crippen molar-refractivity contribution in [2.24, 2.45) is 0 Å². The van der Waals surface area contributed by atoms with Gasteiger partial charge in [0.1, 0.15) is 5.52 Å². The summed E-state index contributed by atoms with van der Waals surface area (Å²) in [7, 11) is 0. The largest absolute Gasteiger partial charge is 0.441 e. The molecule has 2 heterocycles. The van der Waals surface area contributed by atoms with Crippen LogP contribution in [0.3, 0.4) is 0 Å². The number of rotatable bonds is 1. The van der Waals surface area contributed by atoms with Gasteiger partial charge >= 0.3 is 0 Å². The molecule has 1 unspecified atom stereocenters. The summed E-state index contributed by atoms with van der Waals surface area (Å²) in [6.45, 7) is 7.05. The molecule has 2 N–H and O–H groups in total. The van der Waals surface area contributed by atoms with Crippen LogP contribution in [0.1, 0.15) is 18.4 Å². The van der Waals surface area contributed by atoms with Crippen LogP contribution < -0.4 is 10.6 Å². The summed E-state index contributed by atoms with van der Waals surface area (Å²) < 4.78 is 5.50. The summed E-state index contributed by atoms with van der Waals surface area (Å²) in [5.41, 5.74) is 3.04. The summed E-state index contributed by atoms with van der Waals surface area (Å²) in [5, 5.41) is 6.98. The lowest BCUT2D eigenvalue weighted by atomic mass is 9.90. The second kappa shape index (κ2) is 3.82. The quantitative estimate of drug-likeness (QED) is 0.781. The average molecular weight is 231 g/mol. The van der Waals surface area contributed by atoms with Gasteiger partial charge in [-0.2, -0.15) is 0 Å². The number of piperazine rings is 1. The number of oxazole rings is 1. The van der Waals surface area contributed by atoms with E-state index in [0.717, 1.165) is 36.6 Å². The molecular formula is C13H17N3O. The van der Waals surface area contributed by atoms with Crippen molar-refractivity contribution in [1.82, 2.24) is 15.6 Å². The Balaban J connectivity index is 2.04. The van der Waals surface area contributed by atoms with Crippen molar-refractivity contribution in [2.45, 2.75) is 19.4 Å². The molecular weight excluding hydrogens is 214 g/mol. The van der Waals surface area contributed by atoms with Crippen molar-refractivity contribution in [2.75, 3.05) is 19.6 Å². The van der Waals surface area contributed by atoms with E-state index in [0.29, 0.717) is 0 Å². The van der Waals surface area contributed by atoms with Crippen molar-refractivity contribution in [3.8, 4) is 0 Å². The van der Waals surface area contributed by atoms with Crippen molar-refractivity contribution in [3.05, 3.63) is 29.7 Å². The topological polar surface area (TPSA) is 50.1 Å². The monoisotopic (exact) mass is 231 g/mol. The van der Waals surface area contributed by atoms with E-state index in [1.54, 1.807) is 0 Å². The highest BCUT2D eigenvalue weighted by Crippen LogP contribution is 2.25. The van der Waals surface area contributed by atoms with Gasteiger partial charge in [-0.25, -0.2) is 4.98 Å². The van der Waals surface area contributed by atoms with Gasteiger partial charge in [0.25, 0.3) is 0 Å². The minimum Gasteiger partial charge on any atom is -0.441 e. The van der Waals surface area contributed by atoms with Crippen LogP contribution in [0, 0.1) is 6.92 Å². The lowest BCUT2D eigenvalue weighted by molar-refractivity contribution is 0.303. The first-order chi connectivity index (χ1) is 8.17. The molecule has 4 nitrogen and oxygen atoms in total. The van der Waals surface area contributed by atoms with Gasteiger partial charge in [-0.15, -0.1) is 0 Å². The van der Waals surface area contributed by atoms with E-state index in [4.69, 9.17) is 4.42 Å². The molecule has 0 radical (unpaired) electrons. The van der Waals surface area contributed by atoms with Gasteiger partial charge in [-0.05, 0) is 24.6 Å². The molecule has 0 saturated carbocycles. The summed E-state index contributed by atoms with van der Waals surface area (Å²) >= 11 is 0. The second-order valence-corrected chi connectivity index (χ2v) is 4.85. The zero-order chi connectivity index (χ0) is 11.9. The number of aromatic nitrogens is 1. The summed E-state index contributed by atoms with van der Waals surface area (Å²) in [6, 6.07) is 6.24. The lowest BCUT2D eigenvalue weighted by Gasteiger charge is -2.36. The van der Waals surface area contributed by atoms with Gasteiger partial charge < -0.3 is 15.1 Å². The Morgan fingerprint density at radius 3 is 3.00 bits per heavy atom. The molecule has 1 atom stereocenters. The highest BCUT2D eigenvalue weighted by molar-refractivity contribution is 5.73. The van der Waals surface area contributed by atoms with E-state index in [1.165, 1.54) is 5.56 Å². The van der Waals surface area contributed by atoms with Gasteiger partial charge in [-0.3, -0.25) is 0 Å². The number of fused-ring (bicyclic) bond motifs is 1. The van der Waals surface area contributed by atoms with Crippen molar-refractivity contribution < 1.29 is 4.42 Å². The Kier molecular flexibility index (Phi) is 2.42. The van der Waals surface area contributed by atoms with Gasteiger partial charge in [0.15, 0.2) is 11.5 Å². The smallest absolute Gasteiger partial charge is 0.192 e. The molecule has 17 heavy (non-hydrogen) atoms. The Hall–Kier alpha value is -1.39. The van der Waals surface area contributed by atoms with Gasteiger partial charge in [0.05, 0.1) is 5.54 Å². The molecule has 1 aliphatic rings. The Morgan fingerprint density at radius 1 is 1.35 bits per heavy atom. The zero-order valence-corrected chi connectivity index (χ0v) is 10.2. The molecule has 1 fully saturated rings. The third-order valence-electron chi connectivity index (χ3n) is 3.43. The number of nitrogens with zero attached hydrogens (tertiary/aromatic N) is 1. The summed E-state index contributed by atoms with van der Waals surface area (Å²) in [4.78, 5) is 4.38. The number of aryl methyl sites for hydroxylation is 1. The highest BCUT2D eigenvalue weighted by atomic mass is 16.3. The van der Waals surface area contributed by atoms with E-state index < -0.39 is 0 Å². The number of hydrogen-bond donors (Lipinski definition) is 2. The normalized spacial score (nSPS) is 25.3. The van der Waals surface area contributed by atoms with Gasteiger partial charge in [0, 0.05) is 26.6 Å². The Morgan fingerprint density at radius 2 is 2.24 bits per heavy atom. The molecule has 1 aromatic heterocycles. The van der Waals surface area contributed by atoms with Gasteiger partial charge in [0.2, 0.25) is 0 Å². The molecule has 90 valence electrons. The van der Waals surface area contributed by atoms with Crippen LogP contribution >= 0.6 is 0 Å².